The van der Waals surface area contributed by atoms with Crippen LogP contribution in [0.25, 0.3) is 0 Å². The molecule has 0 aromatic carbocycles. The van der Waals surface area contributed by atoms with Crippen LogP contribution in [-0.2, 0) is 0 Å². The first-order valence-corrected chi connectivity index (χ1v) is 2.37. The van der Waals surface area contributed by atoms with Crippen molar-refractivity contribution in [1.82, 2.24) is 5.32 Å². The third kappa shape index (κ3) is 1.50. The quantitative estimate of drug-likeness (QED) is 0.457. The molecule has 1 aliphatic heterocycles. The summed E-state index contributed by atoms with van der Waals surface area (Å²) >= 11 is 0. The van der Waals surface area contributed by atoms with Crippen molar-refractivity contribution in [1.29, 1.82) is 0 Å². The lowest BCUT2D eigenvalue weighted by molar-refractivity contribution is 0.878. The van der Waals surface area contributed by atoms with Crippen LogP contribution in [0.3, 0.4) is 0 Å². The second kappa shape index (κ2) is 2.53. The van der Waals surface area contributed by atoms with Gasteiger partial charge in [0, 0.05) is 25.5 Å². The maximum atomic E-state index is 3.90. The van der Waals surface area contributed by atoms with Gasteiger partial charge < -0.3 is 5.32 Å². The van der Waals surface area contributed by atoms with Crippen LogP contribution in [0.4, 0.5) is 0 Å². The zero-order valence-corrected chi connectivity index (χ0v) is 4.09. The first-order chi connectivity index (χ1) is 3.50. The summed E-state index contributed by atoms with van der Waals surface area (Å²) in [6.45, 7) is 1.84. The van der Waals surface area contributed by atoms with Crippen LogP contribution < -0.4 is 5.32 Å². The van der Waals surface area contributed by atoms with Gasteiger partial charge in [-0.2, -0.15) is 0 Å². The summed E-state index contributed by atoms with van der Waals surface area (Å²) < 4.78 is 0. The van der Waals surface area contributed by atoms with Crippen LogP contribution in [0.5, 0.6) is 0 Å². The van der Waals surface area contributed by atoms with Gasteiger partial charge in [0.15, 0.2) is 0 Å². The lowest BCUT2D eigenvalue weighted by Crippen LogP contribution is -2.14. The standard InChI is InChI=1S/C5H8N2/c1-2-6-4-5-7-3-1/h1-2,4,7H,3,5H2. The van der Waals surface area contributed by atoms with E-state index in [4.69, 9.17) is 0 Å². The highest BCUT2D eigenvalue weighted by Crippen LogP contribution is 1.74. The van der Waals surface area contributed by atoms with Gasteiger partial charge >= 0.3 is 0 Å². The Morgan fingerprint density at radius 3 is 3.43 bits per heavy atom. The van der Waals surface area contributed by atoms with Gasteiger partial charge in [-0.25, -0.2) is 0 Å². The van der Waals surface area contributed by atoms with E-state index in [2.05, 4.69) is 10.3 Å². The molecule has 1 N–H and O–H groups in total. The largest absolute Gasteiger partial charge is 0.308 e. The maximum Gasteiger partial charge on any atom is 0.0312 e. The number of hydrogen-bond acceptors (Lipinski definition) is 2. The summed E-state index contributed by atoms with van der Waals surface area (Å²) in [7, 11) is 0. The molecule has 1 aliphatic rings. The Hall–Kier alpha value is -0.630. The van der Waals surface area contributed by atoms with Crippen molar-refractivity contribution < 1.29 is 0 Å². The lowest BCUT2D eigenvalue weighted by atomic mass is 10.6. The first kappa shape index (κ1) is 4.53. The Balaban J connectivity index is 2.39. The van der Waals surface area contributed by atoms with Gasteiger partial charge in [0.1, 0.15) is 0 Å². The molecule has 2 heteroatoms. The second-order valence-corrected chi connectivity index (χ2v) is 1.37. The van der Waals surface area contributed by atoms with Gasteiger partial charge in [0.2, 0.25) is 0 Å². The molecule has 0 unspecified atom stereocenters. The predicted molar refractivity (Wildman–Crippen MR) is 30.5 cm³/mol. The van der Waals surface area contributed by atoms with E-state index < -0.39 is 0 Å². The van der Waals surface area contributed by atoms with E-state index in [1.54, 1.807) is 6.20 Å². The van der Waals surface area contributed by atoms with Crippen LogP contribution in [0.1, 0.15) is 0 Å². The summed E-state index contributed by atoms with van der Waals surface area (Å²) in [4.78, 5) is 3.90. The molecule has 0 spiro atoms. The van der Waals surface area contributed by atoms with Gasteiger partial charge in [-0.1, -0.05) is 6.08 Å². The Kier molecular flexibility index (Phi) is 1.63. The summed E-state index contributed by atoms with van der Waals surface area (Å²) in [5.41, 5.74) is 0. The molecule has 0 amide bonds. The molecule has 0 bridgehead atoms. The highest BCUT2D eigenvalue weighted by Gasteiger charge is 1.79. The SMILES string of the molecule is C1=CN=CCNC1. The highest BCUT2D eigenvalue weighted by atomic mass is 14.9. The zero-order valence-electron chi connectivity index (χ0n) is 4.09. The van der Waals surface area contributed by atoms with Crippen molar-refractivity contribution in [2.24, 2.45) is 4.99 Å². The van der Waals surface area contributed by atoms with Crippen molar-refractivity contribution >= 4 is 6.21 Å². The molecule has 2 nitrogen and oxygen atoms in total. The van der Waals surface area contributed by atoms with Crippen LogP contribution in [-0.4, -0.2) is 19.3 Å². The molecule has 0 saturated carbocycles. The number of aliphatic imine (C=N–C) groups is 1. The third-order valence-electron chi connectivity index (χ3n) is 0.795. The molecule has 0 radical (unpaired) electrons. The van der Waals surface area contributed by atoms with Gasteiger partial charge in [-0.05, 0) is 0 Å². The first-order valence-electron chi connectivity index (χ1n) is 2.37. The second-order valence-electron chi connectivity index (χ2n) is 1.37. The molecule has 38 valence electrons. The minimum Gasteiger partial charge on any atom is -0.308 e. The van der Waals surface area contributed by atoms with E-state index >= 15 is 0 Å². The molecular formula is C5H8N2. The molecular weight excluding hydrogens is 88.1 g/mol. The summed E-state index contributed by atoms with van der Waals surface area (Å²) in [5, 5.41) is 3.11. The van der Waals surface area contributed by atoms with Crippen molar-refractivity contribution in [3.05, 3.63) is 12.3 Å². The van der Waals surface area contributed by atoms with E-state index in [9.17, 15) is 0 Å². The van der Waals surface area contributed by atoms with Crippen LogP contribution in [0.2, 0.25) is 0 Å². The smallest absolute Gasteiger partial charge is 0.0312 e. The Morgan fingerprint density at radius 1 is 1.43 bits per heavy atom. The fraction of sp³-hybridized carbons (Fsp3) is 0.400. The normalized spacial score (nSPS) is 19.4. The van der Waals surface area contributed by atoms with Crippen LogP contribution >= 0.6 is 0 Å². The summed E-state index contributed by atoms with van der Waals surface area (Å²) in [6.07, 6.45) is 5.65. The topological polar surface area (TPSA) is 24.4 Å². The molecule has 0 atom stereocenters. The van der Waals surface area contributed by atoms with E-state index in [0.717, 1.165) is 13.1 Å². The average Bonchev–Trinajstić information content (AvgIpc) is 1.90. The number of nitrogens with one attached hydrogen (secondary N) is 1. The van der Waals surface area contributed by atoms with Crippen LogP contribution in [0.15, 0.2) is 17.3 Å². The zero-order chi connectivity index (χ0) is 4.95. The highest BCUT2D eigenvalue weighted by molar-refractivity contribution is 5.60. The van der Waals surface area contributed by atoms with E-state index in [1.807, 2.05) is 12.3 Å². The molecule has 1 heterocycles. The molecule has 0 saturated heterocycles. The molecule has 0 aliphatic carbocycles. The predicted octanol–water partition coefficient (Wildman–Crippen LogP) is 0.174. The van der Waals surface area contributed by atoms with Gasteiger partial charge in [-0.3, -0.25) is 4.99 Å². The Morgan fingerprint density at radius 2 is 2.43 bits per heavy atom. The number of nitrogens with zero attached hydrogens (tertiary/aromatic N) is 1. The third-order valence-corrected chi connectivity index (χ3v) is 0.795. The fourth-order valence-corrected chi connectivity index (χ4v) is 0.458. The summed E-state index contributed by atoms with van der Waals surface area (Å²) in [5.74, 6) is 0. The number of hydrogen-bond donors (Lipinski definition) is 1. The monoisotopic (exact) mass is 96.1 g/mol. The van der Waals surface area contributed by atoms with E-state index in [-0.39, 0.29) is 0 Å². The molecule has 0 aromatic rings. The summed E-state index contributed by atoms with van der Waals surface area (Å²) in [6, 6.07) is 0. The molecule has 0 aromatic heterocycles. The van der Waals surface area contributed by atoms with Crippen LogP contribution in [0, 0.1) is 0 Å². The van der Waals surface area contributed by atoms with Crippen molar-refractivity contribution in [3.8, 4) is 0 Å². The Labute approximate surface area is 42.9 Å². The van der Waals surface area contributed by atoms with Gasteiger partial charge in [-0.15, -0.1) is 0 Å². The van der Waals surface area contributed by atoms with Gasteiger partial charge in [0.05, 0.1) is 0 Å². The molecule has 7 heavy (non-hydrogen) atoms. The van der Waals surface area contributed by atoms with Crippen molar-refractivity contribution in [3.63, 3.8) is 0 Å². The molecule has 0 fully saturated rings. The lowest BCUT2D eigenvalue weighted by Gasteiger charge is -1.86. The van der Waals surface area contributed by atoms with E-state index in [1.165, 1.54) is 0 Å². The van der Waals surface area contributed by atoms with Crippen molar-refractivity contribution in [2.45, 2.75) is 0 Å². The average molecular weight is 96.1 g/mol. The Bertz CT molecular complexity index is 82.3. The number of rotatable bonds is 0. The van der Waals surface area contributed by atoms with Gasteiger partial charge in [0.25, 0.3) is 0 Å². The maximum absolute atomic E-state index is 3.90. The fourth-order valence-electron chi connectivity index (χ4n) is 0.458. The minimum atomic E-state index is 0.896. The van der Waals surface area contributed by atoms with Crippen molar-refractivity contribution in [2.75, 3.05) is 13.1 Å². The minimum absolute atomic E-state index is 0.896. The van der Waals surface area contributed by atoms with E-state index in [0.29, 0.717) is 0 Å². The molecule has 1 rings (SSSR count).